The van der Waals surface area contributed by atoms with Crippen molar-refractivity contribution in [2.24, 2.45) is 0 Å². The maximum absolute atomic E-state index is 13.8. The Hall–Kier alpha value is -2.67. The third kappa shape index (κ3) is 5.15. The number of sulfone groups is 1. The van der Waals surface area contributed by atoms with Crippen molar-refractivity contribution in [1.82, 2.24) is 0 Å². The molecule has 0 saturated carbocycles. The standard InChI is InChI=1S/C18H18FNO4S/c1-3-24-17-7-5-4-6-13(17)8-11-18(21)20-16-12-14(25(2,22)23)9-10-15(16)19/h4-12H,3H2,1-2H3,(H,20,21)/b11-8+. The van der Waals surface area contributed by atoms with Gasteiger partial charge < -0.3 is 10.1 Å². The van der Waals surface area contributed by atoms with Crippen molar-refractivity contribution < 1.29 is 22.3 Å². The summed E-state index contributed by atoms with van der Waals surface area (Å²) in [5.41, 5.74) is 0.500. The lowest BCUT2D eigenvalue weighted by molar-refractivity contribution is -0.111. The van der Waals surface area contributed by atoms with E-state index in [2.05, 4.69) is 5.32 Å². The molecular formula is C18H18FNO4S. The van der Waals surface area contributed by atoms with Crippen LogP contribution in [0.25, 0.3) is 6.08 Å². The van der Waals surface area contributed by atoms with E-state index in [9.17, 15) is 17.6 Å². The summed E-state index contributed by atoms with van der Waals surface area (Å²) in [5, 5.41) is 2.34. The van der Waals surface area contributed by atoms with E-state index < -0.39 is 21.6 Å². The first kappa shape index (κ1) is 18.7. The molecule has 0 saturated heterocycles. The van der Waals surface area contributed by atoms with Gasteiger partial charge in [0.25, 0.3) is 0 Å². The van der Waals surface area contributed by atoms with Crippen LogP contribution in [0, 0.1) is 5.82 Å². The fourth-order valence-corrected chi connectivity index (χ4v) is 2.72. The molecule has 0 fully saturated rings. The van der Waals surface area contributed by atoms with Crippen LogP contribution in [-0.2, 0) is 14.6 Å². The molecule has 2 aromatic rings. The van der Waals surface area contributed by atoms with E-state index in [0.717, 1.165) is 24.5 Å². The number of para-hydroxylation sites is 1. The zero-order valence-electron chi connectivity index (χ0n) is 13.8. The molecule has 132 valence electrons. The van der Waals surface area contributed by atoms with Crippen molar-refractivity contribution in [3.63, 3.8) is 0 Å². The van der Waals surface area contributed by atoms with Gasteiger partial charge in [-0.25, -0.2) is 12.8 Å². The third-order valence-corrected chi connectivity index (χ3v) is 4.37. The molecular weight excluding hydrogens is 345 g/mol. The molecule has 5 nitrogen and oxygen atoms in total. The first-order valence-corrected chi connectivity index (χ1v) is 9.41. The van der Waals surface area contributed by atoms with E-state index in [1.54, 1.807) is 24.3 Å². The lowest BCUT2D eigenvalue weighted by Gasteiger charge is -2.07. The molecule has 0 aliphatic heterocycles. The fourth-order valence-electron chi connectivity index (χ4n) is 2.08. The van der Waals surface area contributed by atoms with Crippen LogP contribution in [-0.4, -0.2) is 27.2 Å². The Balaban J connectivity index is 2.18. The lowest BCUT2D eigenvalue weighted by Crippen LogP contribution is -2.10. The predicted molar refractivity (Wildman–Crippen MR) is 94.8 cm³/mol. The minimum absolute atomic E-state index is 0.0742. The Morgan fingerprint density at radius 2 is 1.96 bits per heavy atom. The van der Waals surface area contributed by atoms with Gasteiger partial charge in [0, 0.05) is 17.9 Å². The Kier molecular flexibility index (Phi) is 5.93. The minimum Gasteiger partial charge on any atom is -0.493 e. The molecule has 1 amide bonds. The highest BCUT2D eigenvalue weighted by atomic mass is 32.2. The van der Waals surface area contributed by atoms with Crippen LogP contribution in [0.3, 0.4) is 0 Å². The van der Waals surface area contributed by atoms with Crippen LogP contribution in [0.4, 0.5) is 10.1 Å². The molecule has 0 aliphatic rings. The number of benzene rings is 2. The van der Waals surface area contributed by atoms with Gasteiger partial charge in [0.05, 0.1) is 17.2 Å². The van der Waals surface area contributed by atoms with Crippen molar-refractivity contribution in [1.29, 1.82) is 0 Å². The number of hydrogen-bond acceptors (Lipinski definition) is 4. The van der Waals surface area contributed by atoms with Crippen LogP contribution < -0.4 is 10.1 Å². The van der Waals surface area contributed by atoms with Crippen LogP contribution >= 0.6 is 0 Å². The molecule has 0 aliphatic carbocycles. The molecule has 2 aromatic carbocycles. The second kappa shape index (κ2) is 7.94. The second-order valence-corrected chi connectivity index (χ2v) is 7.22. The summed E-state index contributed by atoms with van der Waals surface area (Å²) < 4.78 is 42.3. The Labute approximate surface area is 146 Å². The lowest BCUT2D eigenvalue weighted by atomic mass is 10.2. The first-order valence-electron chi connectivity index (χ1n) is 7.51. The van der Waals surface area contributed by atoms with E-state index >= 15 is 0 Å². The van der Waals surface area contributed by atoms with E-state index in [1.165, 1.54) is 6.08 Å². The van der Waals surface area contributed by atoms with Crippen molar-refractivity contribution >= 4 is 27.5 Å². The molecule has 0 heterocycles. The number of ether oxygens (including phenoxy) is 1. The maximum Gasteiger partial charge on any atom is 0.248 e. The third-order valence-electron chi connectivity index (χ3n) is 3.26. The van der Waals surface area contributed by atoms with E-state index in [-0.39, 0.29) is 10.6 Å². The molecule has 7 heteroatoms. The quantitative estimate of drug-likeness (QED) is 0.631. The predicted octanol–water partition coefficient (Wildman–Crippen LogP) is 3.28. The van der Waals surface area contributed by atoms with Crippen LogP contribution in [0.15, 0.2) is 53.4 Å². The topological polar surface area (TPSA) is 72.5 Å². The average molecular weight is 363 g/mol. The van der Waals surface area contributed by atoms with Gasteiger partial charge in [-0.2, -0.15) is 0 Å². The Bertz CT molecular complexity index is 907. The van der Waals surface area contributed by atoms with Gasteiger partial charge in [-0.3, -0.25) is 4.79 Å². The SMILES string of the molecule is CCOc1ccccc1/C=C/C(=O)Nc1cc(S(C)(=O)=O)ccc1F. The van der Waals surface area contributed by atoms with E-state index in [0.29, 0.717) is 17.9 Å². The summed E-state index contributed by atoms with van der Waals surface area (Å²) >= 11 is 0. The number of rotatable bonds is 6. The van der Waals surface area contributed by atoms with E-state index in [4.69, 9.17) is 4.74 Å². The van der Waals surface area contributed by atoms with Gasteiger partial charge >= 0.3 is 0 Å². The van der Waals surface area contributed by atoms with Gasteiger partial charge in [0.1, 0.15) is 11.6 Å². The number of anilines is 1. The van der Waals surface area contributed by atoms with Crippen molar-refractivity contribution in [2.45, 2.75) is 11.8 Å². The average Bonchev–Trinajstić information content (AvgIpc) is 2.55. The number of carbonyl (C=O) groups excluding carboxylic acids is 1. The molecule has 2 rings (SSSR count). The number of amides is 1. The zero-order chi connectivity index (χ0) is 18.4. The second-order valence-electron chi connectivity index (χ2n) is 5.21. The first-order chi connectivity index (χ1) is 11.8. The number of nitrogens with one attached hydrogen (secondary N) is 1. The molecule has 1 N–H and O–H groups in total. The van der Waals surface area contributed by atoms with Gasteiger partial charge in [-0.05, 0) is 37.3 Å². The largest absolute Gasteiger partial charge is 0.493 e. The van der Waals surface area contributed by atoms with Crippen LogP contribution in [0.2, 0.25) is 0 Å². The molecule has 0 unspecified atom stereocenters. The summed E-state index contributed by atoms with van der Waals surface area (Å²) in [6.45, 7) is 2.34. The number of hydrogen-bond donors (Lipinski definition) is 1. The van der Waals surface area contributed by atoms with Crippen LogP contribution in [0.1, 0.15) is 12.5 Å². The van der Waals surface area contributed by atoms with Crippen molar-refractivity contribution in [3.8, 4) is 5.75 Å². The van der Waals surface area contributed by atoms with Gasteiger partial charge in [-0.15, -0.1) is 0 Å². The zero-order valence-corrected chi connectivity index (χ0v) is 14.6. The van der Waals surface area contributed by atoms with Crippen molar-refractivity contribution in [3.05, 3.63) is 59.9 Å². The number of halogens is 1. The molecule has 0 atom stereocenters. The van der Waals surface area contributed by atoms with Crippen LogP contribution in [0.5, 0.6) is 5.75 Å². The molecule has 0 aromatic heterocycles. The highest BCUT2D eigenvalue weighted by Crippen LogP contribution is 2.21. The van der Waals surface area contributed by atoms with E-state index in [1.807, 2.05) is 13.0 Å². The fraction of sp³-hybridized carbons (Fsp3) is 0.167. The minimum atomic E-state index is -3.50. The molecule has 0 spiro atoms. The Morgan fingerprint density at radius 1 is 1.24 bits per heavy atom. The monoisotopic (exact) mass is 363 g/mol. The Morgan fingerprint density at radius 3 is 2.64 bits per heavy atom. The van der Waals surface area contributed by atoms with Gasteiger partial charge in [-0.1, -0.05) is 18.2 Å². The smallest absolute Gasteiger partial charge is 0.248 e. The number of carbonyl (C=O) groups is 1. The summed E-state index contributed by atoms with van der Waals surface area (Å²) in [4.78, 5) is 11.9. The van der Waals surface area contributed by atoms with Gasteiger partial charge in [0.15, 0.2) is 9.84 Å². The summed E-state index contributed by atoms with van der Waals surface area (Å²) in [5.74, 6) is -0.681. The summed E-state index contributed by atoms with van der Waals surface area (Å²) in [6.07, 6.45) is 3.78. The highest BCUT2D eigenvalue weighted by Gasteiger charge is 2.12. The highest BCUT2D eigenvalue weighted by molar-refractivity contribution is 7.90. The molecule has 25 heavy (non-hydrogen) atoms. The molecule has 0 radical (unpaired) electrons. The summed E-state index contributed by atoms with van der Waals surface area (Å²) in [7, 11) is -3.50. The van der Waals surface area contributed by atoms with Gasteiger partial charge in [0.2, 0.25) is 5.91 Å². The normalized spacial score (nSPS) is 11.5. The van der Waals surface area contributed by atoms with Crippen molar-refractivity contribution in [2.75, 3.05) is 18.2 Å². The summed E-state index contributed by atoms with van der Waals surface area (Å²) in [6, 6.07) is 10.4. The molecule has 0 bridgehead atoms. The maximum atomic E-state index is 13.8.